The summed E-state index contributed by atoms with van der Waals surface area (Å²) in [5.41, 5.74) is 2.80. The molecule has 5 nitrogen and oxygen atoms in total. The molecule has 0 amide bonds. The van der Waals surface area contributed by atoms with Crippen molar-refractivity contribution >= 4 is 32.6 Å². The van der Waals surface area contributed by atoms with Crippen LogP contribution >= 0.6 is 27.5 Å². The van der Waals surface area contributed by atoms with Crippen LogP contribution in [-0.4, -0.2) is 33.2 Å². The van der Waals surface area contributed by atoms with Crippen LogP contribution in [0.15, 0.2) is 47.2 Å². The Balaban J connectivity index is 1.56. The fourth-order valence-corrected chi connectivity index (χ4v) is 6.18. The van der Waals surface area contributed by atoms with Crippen molar-refractivity contribution in [3.8, 4) is 0 Å². The smallest absolute Gasteiger partial charge is 0.210 e. The van der Waals surface area contributed by atoms with Crippen LogP contribution in [0.3, 0.4) is 0 Å². The molecule has 0 aliphatic heterocycles. The third-order valence-corrected chi connectivity index (χ3v) is 8.43. The molecule has 1 fully saturated rings. The van der Waals surface area contributed by atoms with Crippen molar-refractivity contribution in [2.24, 2.45) is 0 Å². The van der Waals surface area contributed by atoms with Gasteiger partial charge >= 0.3 is 0 Å². The van der Waals surface area contributed by atoms with E-state index in [1.54, 1.807) is 0 Å². The maximum Gasteiger partial charge on any atom is 0.210 e. The van der Waals surface area contributed by atoms with Gasteiger partial charge in [0.05, 0.1) is 12.1 Å². The Hall–Kier alpha value is -1.94. The molecule has 1 saturated carbocycles. The monoisotopic (exact) mass is 592 g/mol. The van der Waals surface area contributed by atoms with Crippen LogP contribution < -0.4 is 10.6 Å². The average molecular weight is 594 g/mol. The Morgan fingerprint density at radius 1 is 1.08 bits per heavy atom. The minimum atomic E-state index is -0.849. The second kappa shape index (κ2) is 11.8. The Kier molecular flexibility index (Phi) is 8.99. The highest BCUT2D eigenvalue weighted by Gasteiger charge is 2.35. The Morgan fingerprint density at radius 2 is 1.78 bits per heavy atom. The zero-order chi connectivity index (χ0) is 26.6. The number of rotatable bonds is 9. The average Bonchev–Trinajstić information content (AvgIpc) is 3.26. The minimum absolute atomic E-state index is 0.0383. The fraction of sp³-hybridized carbons (Fsp3) is 0.500. The van der Waals surface area contributed by atoms with Crippen LogP contribution in [-0.2, 0) is 17.4 Å². The van der Waals surface area contributed by atoms with Gasteiger partial charge in [-0.2, -0.15) is 9.36 Å². The first-order valence-electron chi connectivity index (χ1n) is 12.8. The van der Waals surface area contributed by atoms with E-state index in [4.69, 9.17) is 0 Å². The van der Waals surface area contributed by atoms with Crippen molar-refractivity contribution in [2.45, 2.75) is 82.4 Å². The van der Waals surface area contributed by atoms with Gasteiger partial charge in [-0.25, -0.2) is 8.78 Å². The first-order valence-corrected chi connectivity index (χ1v) is 14.4. The Morgan fingerprint density at radius 3 is 2.41 bits per heavy atom. The van der Waals surface area contributed by atoms with Gasteiger partial charge in [-0.05, 0) is 69.4 Å². The molecule has 2 unspecified atom stereocenters. The van der Waals surface area contributed by atoms with Crippen molar-refractivity contribution in [1.82, 2.24) is 14.7 Å². The summed E-state index contributed by atoms with van der Waals surface area (Å²) in [6, 6.07) is 11.7. The number of hydrogen-bond acceptors (Lipinski definition) is 6. The SMILES string of the molecule is CC(C)(C)c1cccc(C2(NCC(O)C(Cc3cc(F)cc(F)c3)Nc3nc(Br)ns3)CCCCC2)c1. The van der Waals surface area contributed by atoms with E-state index >= 15 is 0 Å². The van der Waals surface area contributed by atoms with E-state index in [0.29, 0.717) is 22.0 Å². The number of nitrogens with zero attached hydrogens (tertiary/aromatic N) is 2. The molecule has 0 spiro atoms. The van der Waals surface area contributed by atoms with Crippen LogP contribution in [0.25, 0.3) is 0 Å². The maximum atomic E-state index is 13.9. The summed E-state index contributed by atoms with van der Waals surface area (Å²) >= 11 is 4.41. The topological polar surface area (TPSA) is 70.1 Å². The van der Waals surface area contributed by atoms with E-state index < -0.39 is 23.8 Å². The molecule has 2 aromatic carbocycles. The summed E-state index contributed by atoms with van der Waals surface area (Å²) in [5, 5.41) is 18.9. The maximum absolute atomic E-state index is 13.9. The molecule has 37 heavy (non-hydrogen) atoms. The number of aromatic nitrogens is 2. The van der Waals surface area contributed by atoms with E-state index in [2.05, 4.69) is 81.0 Å². The number of hydrogen-bond donors (Lipinski definition) is 3. The molecule has 200 valence electrons. The van der Waals surface area contributed by atoms with Crippen LogP contribution in [0.1, 0.15) is 69.6 Å². The largest absolute Gasteiger partial charge is 0.390 e. The first-order chi connectivity index (χ1) is 17.5. The molecule has 4 rings (SSSR count). The van der Waals surface area contributed by atoms with Crippen molar-refractivity contribution in [2.75, 3.05) is 11.9 Å². The van der Waals surface area contributed by atoms with Gasteiger partial charge < -0.3 is 15.7 Å². The number of anilines is 1. The lowest BCUT2D eigenvalue weighted by atomic mass is 9.74. The quantitative estimate of drug-likeness (QED) is 0.257. The zero-order valence-electron chi connectivity index (χ0n) is 21.5. The predicted octanol–water partition coefficient (Wildman–Crippen LogP) is 6.71. The Bertz CT molecular complexity index is 1170. The van der Waals surface area contributed by atoms with Gasteiger partial charge in [0.15, 0.2) is 0 Å². The molecule has 0 bridgehead atoms. The van der Waals surface area contributed by atoms with E-state index in [-0.39, 0.29) is 17.4 Å². The highest BCUT2D eigenvalue weighted by atomic mass is 79.9. The fourth-order valence-electron chi connectivity index (χ4n) is 5.14. The summed E-state index contributed by atoms with van der Waals surface area (Å²) in [6.07, 6.45) is 4.79. The van der Waals surface area contributed by atoms with Gasteiger partial charge in [0.25, 0.3) is 0 Å². The summed E-state index contributed by atoms with van der Waals surface area (Å²) in [7, 11) is 0. The lowest BCUT2D eigenvalue weighted by molar-refractivity contribution is 0.122. The third-order valence-electron chi connectivity index (χ3n) is 7.19. The number of aliphatic hydroxyl groups excluding tert-OH is 1. The van der Waals surface area contributed by atoms with Gasteiger partial charge in [-0.15, -0.1) is 0 Å². The minimum Gasteiger partial charge on any atom is -0.390 e. The summed E-state index contributed by atoms with van der Waals surface area (Å²) < 4.78 is 32.4. The zero-order valence-corrected chi connectivity index (χ0v) is 23.9. The van der Waals surface area contributed by atoms with Crippen molar-refractivity contribution < 1.29 is 13.9 Å². The first kappa shape index (κ1) is 28.1. The lowest BCUT2D eigenvalue weighted by Crippen LogP contribution is -2.50. The second-order valence-corrected chi connectivity index (χ2v) is 12.5. The highest BCUT2D eigenvalue weighted by Crippen LogP contribution is 2.38. The summed E-state index contributed by atoms with van der Waals surface area (Å²) in [6.45, 7) is 6.96. The van der Waals surface area contributed by atoms with E-state index in [1.807, 2.05) is 0 Å². The van der Waals surface area contributed by atoms with E-state index in [1.165, 1.54) is 29.7 Å². The highest BCUT2D eigenvalue weighted by molar-refractivity contribution is 9.10. The molecular formula is C28H35BrF2N4OS. The molecule has 1 aliphatic carbocycles. The molecule has 1 aromatic heterocycles. The van der Waals surface area contributed by atoms with Crippen molar-refractivity contribution in [3.63, 3.8) is 0 Å². The number of aliphatic hydroxyl groups is 1. The Labute approximate surface area is 230 Å². The van der Waals surface area contributed by atoms with Gasteiger partial charge in [-0.1, -0.05) is 64.3 Å². The van der Waals surface area contributed by atoms with E-state index in [9.17, 15) is 13.9 Å². The number of benzene rings is 2. The third kappa shape index (κ3) is 7.34. The standard InChI is InChI=1S/C28H35BrF2N4OS/c1-27(2,3)19-8-7-9-20(15-19)28(10-5-4-6-11-28)32-17-24(36)23(33-26-34-25(29)35-37-26)14-18-12-21(30)16-22(31)13-18/h7-9,12-13,15-16,23-24,32,36H,4-6,10-11,14,17H2,1-3H3,(H,33,34,35). The molecule has 0 radical (unpaired) electrons. The molecule has 0 saturated heterocycles. The molecule has 9 heteroatoms. The number of halogens is 3. The van der Waals surface area contributed by atoms with Gasteiger partial charge in [0.2, 0.25) is 9.87 Å². The molecule has 2 atom stereocenters. The molecule has 1 aliphatic rings. The van der Waals surface area contributed by atoms with Gasteiger partial charge in [-0.3, -0.25) is 0 Å². The van der Waals surface area contributed by atoms with Gasteiger partial charge in [0, 0.05) is 29.7 Å². The summed E-state index contributed by atoms with van der Waals surface area (Å²) in [4.78, 5) is 4.29. The molecule has 3 aromatic rings. The molecular weight excluding hydrogens is 558 g/mol. The lowest BCUT2D eigenvalue weighted by Gasteiger charge is -2.41. The van der Waals surface area contributed by atoms with Crippen LogP contribution in [0.4, 0.5) is 13.9 Å². The van der Waals surface area contributed by atoms with E-state index in [0.717, 1.165) is 43.3 Å². The molecule has 1 heterocycles. The predicted molar refractivity (Wildman–Crippen MR) is 149 cm³/mol. The van der Waals surface area contributed by atoms with Crippen LogP contribution in [0.5, 0.6) is 0 Å². The van der Waals surface area contributed by atoms with Crippen LogP contribution in [0.2, 0.25) is 0 Å². The molecule has 3 N–H and O–H groups in total. The normalized spacial score (nSPS) is 17.4. The van der Waals surface area contributed by atoms with Crippen LogP contribution in [0, 0.1) is 11.6 Å². The van der Waals surface area contributed by atoms with Gasteiger partial charge in [0.1, 0.15) is 11.6 Å². The van der Waals surface area contributed by atoms with Crippen molar-refractivity contribution in [1.29, 1.82) is 0 Å². The van der Waals surface area contributed by atoms with Crippen molar-refractivity contribution in [3.05, 3.63) is 75.5 Å². The second-order valence-electron chi connectivity index (χ2n) is 11.0. The number of nitrogens with one attached hydrogen (secondary N) is 2. The summed E-state index contributed by atoms with van der Waals surface area (Å²) in [5.74, 6) is -1.28.